The third kappa shape index (κ3) is 3.83. The first-order valence-corrected chi connectivity index (χ1v) is 9.82. The summed E-state index contributed by atoms with van der Waals surface area (Å²) in [6, 6.07) is 31.6. The van der Waals surface area contributed by atoms with Crippen molar-refractivity contribution >= 4 is 0 Å². The van der Waals surface area contributed by atoms with E-state index >= 15 is 0 Å². The van der Waals surface area contributed by atoms with Crippen LogP contribution in [0.2, 0.25) is 0 Å². The topological polar surface area (TPSA) is 18.5 Å². The fraction of sp³-hybridized carbons (Fsp3) is 0.280. The summed E-state index contributed by atoms with van der Waals surface area (Å²) in [6.07, 6.45) is 3.59. The van der Waals surface area contributed by atoms with E-state index in [1.54, 1.807) is 0 Å². The van der Waals surface area contributed by atoms with E-state index in [4.69, 9.17) is 9.47 Å². The highest BCUT2D eigenvalue weighted by molar-refractivity contribution is 5.47. The zero-order valence-electron chi connectivity index (χ0n) is 15.6. The van der Waals surface area contributed by atoms with Gasteiger partial charge in [0.1, 0.15) is 5.60 Å². The molecule has 0 aliphatic carbocycles. The maximum Gasteiger partial charge on any atom is 0.143 e. The molecule has 0 aromatic heterocycles. The van der Waals surface area contributed by atoms with Crippen LogP contribution in [0.4, 0.5) is 0 Å². The van der Waals surface area contributed by atoms with Crippen LogP contribution in [0.25, 0.3) is 0 Å². The van der Waals surface area contributed by atoms with Gasteiger partial charge in [-0.2, -0.15) is 0 Å². The van der Waals surface area contributed by atoms with Gasteiger partial charge in [-0.15, -0.1) is 0 Å². The number of ether oxygens (including phenoxy) is 2. The molecule has 1 fully saturated rings. The predicted octanol–water partition coefficient (Wildman–Crippen LogP) is 5.56. The van der Waals surface area contributed by atoms with Gasteiger partial charge in [-0.3, -0.25) is 0 Å². The van der Waals surface area contributed by atoms with Gasteiger partial charge in [0.2, 0.25) is 0 Å². The molecule has 0 bridgehead atoms. The zero-order chi connectivity index (χ0) is 18.4. The van der Waals surface area contributed by atoms with Crippen LogP contribution in [0.15, 0.2) is 91.0 Å². The van der Waals surface area contributed by atoms with Crippen LogP contribution in [-0.2, 0) is 15.1 Å². The Morgan fingerprint density at radius 2 is 1.19 bits per heavy atom. The molecule has 1 aliphatic rings. The lowest BCUT2D eigenvalue weighted by atomic mass is 9.80. The Bertz CT molecular complexity index is 712. The average molecular weight is 358 g/mol. The second-order valence-corrected chi connectivity index (χ2v) is 7.08. The van der Waals surface area contributed by atoms with Crippen LogP contribution in [0, 0.1) is 0 Å². The maximum absolute atomic E-state index is 6.80. The summed E-state index contributed by atoms with van der Waals surface area (Å²) < 4.78 is 12.8. The van der Waals surface area contributed by atoms with Crippen LogP contribution < -0.4 is 0 Å². The van der Waals surface area contributed by atoms with Crippen molar-refractivity contribution < 1.29 is 9.47 Å². The first-order valence-electron chi connectivity index (χ1n) is 9.82. The molecule has 27 heavy (non-hydrogen) atoms. The molecule has 0 spiro atoms. The van der Waals surface area contributed by atoms with Crippen molar-refractivity contribution in [2.75, 3.05) is 13.2 Å². The maximum atomic E-state index is 6.80. The molecule has 1 atom stereocenters. The highest BCUT2D eigenvalue weighted by atomic mass is 16.5. The van der Waals surface area contributed by atoms with Crippen LogP contribution in [0.3, 0.4) is 0 Å². The Balaban J connectivity index is 1.81. The SMILES string of the molecule is c1ccc(C(OCC2CCCCO2)(c2ccccc2)c2ccccc2)cc1. The van der Waals surface area contributed by atoms with Crippen LogP contribution in [-0.4, -0.2) is 19.3 Å². The van der Waals surface area contributed by atoms with Crippen molar-refractivity contribution in [3.63, 3.8) is 0 Å². The van der Waals surface area contributed by atoms with Crippen molar-refractivity contribution in [3.8, 4) is 0 Å². The summed E-state index contributed by atoms with van der Waals surface area (Å²) in [5.74, 6) is 0. The van der Waals surface area contributed by atoms with E-state index in [0.717, 1.165) is 36.1 Å². The lowest BCUT2D eigenvalue weighted by Crippen LogP contribution is -2.37. The minimum absolute atomic E-state index is 0.161. The fourth-order valence-electron chi connectivity index (χ4n) is 3.93. The van der Waals surface area contributed by atoms with Crippen LogP contribution in [0.1, 0.15) is 36.0 Å². The van der Waals surface area contributed by atoms with E-state index in [9.17, 15) is 0 Å². The molecule has 0 radical (unpaired) electrons. The zero-order valence-corrected chi connectivity index (χ0v) is 15.6. The number of benzene rings is 3. The van der Waals surface area contributed by atoms with E-state index in [-0.39, 0.29) is 6.10 Å². The second kappa shape index (κ2) is 8.51. The van der Waals surface area contributed by atoms with Crippen molar-refractivity contribution in [2.45, 2.75) is 31.0 Å². The molecule has 3 aromatic rings. The largest absolute Gasteiger partial charge is 0.376 e. The van der Waals surface area contributed by atoms with E-state index in [2.05, 4.69) is 91.0 Å². The molecule has 1 saturated heterocycles. The first-order chi connectivity index (χ1) is 13.4. The van der Waals surface area contributed by atoms with Crippen molar-refractivity contribution in [2.24, 2.45) is 0 Å². The number of hydrogen-bond donors (Lipinski definition) is 0. The summed E-state index contributed by atoms with van der Waals surface area (Å²) in [5, 5.41) is 0. The lowest BCUT2D eigenvalue weighted by molar-refractivity contribution is -0.0799. The molecule has 0 N–H and O–H groups in total. The van der Waals surface area contributed by atoms with E-state index in [0.29, 0.717) is 6.61 Å². The van der Waals surface area contributed by atoms with Gasteiger partial charge < -0.3 is 9.47 Å². The lowest BCUT2D eigenvalue weighted by Gasteiger charge is -2.37. The standard InChI is InChI=1S/C25H26O2/c1-4-12-21(13-5-1)25(22-14-6-2-7-15-22,23-16-8-3-9-17-23)27-20-24-18-10-11-19-26-24/h1-9,12-17,24H,10-11,18-20H2. The Labute approximate surface area is 161 Å². The molecule has 0 saturated carbocycles. The summed E-state index contributed by atoms with van der Waals surface area (Å²) in [5.41, 5.74) is 2.76. The molecule has 138 valence electrons. The van der Waals surface area contributed by atoms with Crippen molar-refractivity contribution in [1.82, 2.24) is 0 Å². The minimum atomic E-state index is -0.648. The Hall–Kier alpha value is -2.42. The Morgan fingerprint density at radius 3 is 1.59 bits per heavy atom. The van der Waals surface area contributed by atoms with Gasteiger partial charge in [-0.05, 0) is 36.0 Å². The Morgan fingerprint density at radius 1 is 0.704 bits per heavy atom. The molecule has 1 heterocycles. The van der Waals surface area contributed by atoms with Crippen molar-refractivity contribution in [3.05, 3.63) is 108 Å². The van der Waals surface area contributed by atoms with Gasteiger partial charge in [-0.25, -0.2) is 0 Å². The van der Waals surface area contributed by atoms with Gasteiger partial charge in [0.05, 0.1) is 12.7 Å². The smallest absolute Gasteiger partial charge is 0.143 e. The number of hydrogen-bond acceptors (Lipinski definition) is 2. The summed E-state index contributed by atoms with van der Waals surface area (Å²) in [4.78, 5) is 0. The molecule has 2 heteroatoms. The predicted molar refractivity (Wildman–Crippen MR) is 109 cm³/mol. The van der Waals surface area contributed by atoms with Gasteiger partial charge in [0.25, 0.3) is 0 Å². The third-order valence-electron chi connectivity index (χ3n) is 5.30. The quantitative estimate of drug-likeness (QED) is 0.537. The van der Waals surface area contributed by atoms with Gasteiger partial charge in [0.15, 0.2) is 0 Å². The average Bonchev–Trinajstić information content (AvgIpc) is 2.77. The third-order valence-corrected chi connectivity index (χ3v) is 5.30. The molecule has 1 unspecified atom stereocenters. The summed E-state index contributed by atoms with van der Waals surface area (Å²) >= 11 is 0. The van der Waals surface area contributed by atoms with Crippen LogP contribution in [0.5, 0.6) is 0 Å². The van der Waals surface area contributed by atoms with Crippen molar-refractivity contribution in [1.29, 1.82) is 0 Å². The molecule has 1 aliphatic heterocycles. The number of rotatable bonds is 6. The van der Waals surface area contributed by atoms with E-state index in [1.165, 1.54) is 6.42 Å². The molecule has 4 rings (SSSR count). The molecule has 2 nitrogen and oxygen atoms in total. The van der Waals surface area contributed by atoms with E-state index in [1.807, 2.05) is 0 Å². The summed E-state index contributed by atoms with van der Waals surface area (Å²) in [7, 11) is 0. The molecule has 3 aromatic carbocycles. The Kier molecular flexibility index (Phi) is 5.66. The molecule has 0 amide bonds. The van der Waals surface area contributed by atoms with E-state index < -0.39 is 5.60 Å². The molecular formula is C25H26O2. The fourth-order valence-corrected chi connectivity index (χ4v) is 3.93. The highest BCUT2D eigenvalue weighted by Gasteiger charge is 2.38. The van der Waals surface area contributed by atoms with Crippen LogP contribution >= 0.6 is 0 Å². The second-order valence-electron chi connectivity index (χ2n) is 7.08. The monoisotopic (exact) mass is 358 g/mol. The van der Waals surface area contributed by atoms with Gasteiger partial charge >= 0.3 is 0 Å². The van der Waals surface area contributed by atoms with Gasteiger partial charge in [-0.1, -0.05) is 91.0 Å². The van der Waals surface area contributed by atoms with Gasteiger partial charge in [0, 0.05) is 6.61 Å². The molecular weight excluding hydrogens is 332 g/mol. The first kappa shape index (κ1) is 18.0. The summed E-state index contributed by atoms with van der Waals surface area (Å²) in [6.45, 7) is 1.42. The minimum Gasteiger partial charge on any atom is -0.376 e. The highest BCUT2D eigenvalue weighted by Crippen LogP contribution is 2.40. The normalized spacial score (nSPS) is 17.6.